The number of halogens is 3. The van der Waals surface area contributed by atoms with Gasteiger partial charge in [0, 0.05) is 12.1 Å². The summed E-state index contributed by atoms with van der Waals surface area (Å²) in [6, 6.07) is 7.79. The SMILES string of the molecule is O=C(Oc1ccccc1O)c1cc2c(cc1Cl)OC(F)(F)O2. The highest BCUT2D eigenvalue weighted by Gasteiger charge is 2.44. The van der Waals surface area contributed by atoms with Crippen molar-refractivity contribution in [2.45, 2.75) is 6.29 Å². The first-order chi connectivity index (χ1) is 10.4. The lowest BCUT2D eigenvalue weighted by molar-refractivity contribution is -0.286. The monoisotopic (exact) mass is 328 g/mol. The first-order valence-electron chi connectivity index (χ1n) is 5.95. The van der Waals surface area contributed by atoms with Gasteiger partial charge in [-0.2, -0.15) is 0 Å². The van der Waals surface area contributed by atoms with E-state index < -0.39 is 12.3 Å². The van der Waals surface area contributed by atoms with E-state index in [4.69, 9.17) is 16.3 Å². The summed E-state index contributed by atoms with van der Waals surface area (Å²) in [6.45, 7) is 0. The van der Waals surface area contributed by atoms with Gasteiger partial charge in [0.2, 0.25) is 0 Å². The van der Waals surface area contributed by atoms with E-state index in [1.165, 1.54) is 12.1 Å². The predicted octanol–water partition coefficient (Wildman–Crippen LogP) is 3.59. The predicted molar refractivity (Wildman–Crippen MR) is 70.7 cm³/mol. The first kappa shape index (κ1) is 14.4. The second-order valence-electron chi connectivity index (χ2n) is 4.30. The van der Waals surface area contributed by atoms with Crippen LogP contribution in [-0.2, 0) is 0 Å². The van der Waals surface area contributed by atoms with Crippen molar-refractivity contribution in [2.75, 3.05) is 0 Å². The molecule has 0 amide bonds. The lowest BCUT2D eigenvalue weighted by Crippen LogP contribution is -2.25. The van der Waals surface area contributed by atoms with Crippen LogP contribution in [0, 0.1) is 0 Å². The summed E-state index contributed by atoms with van der Waals surface area (Å²) in [7, 11) is 0. The molecular formula is C14H7ClF2O5. The number of para-hydroxylation sites is 2. The largest absolute Gasteiger partial charge is 0.586 e. The number of ether oxygens (including phenoxy) is 3. The van der Waals surface area contributed by atoms with Gasteiger partial charge in [-0.1, -0.05) is 23.7 Å². The van der Waals surface area contributed by atoms with Crippen LogP contribution < -0.4 is 14.2 Å². The first-order valence-corrected chi connectivity index (χ1v) is 6.33. The molecule has 0 aromatic heterocycles. The molecule has 0 bridgehead atoms. The van der Waals surface area contributed by atoms with Crippen molar-refractivity contribution in [3.63, 3.8) is 0 Å². The van der Waals surface area contributed by atoms with Crippen LogP contribution in [0.3, 0.4) is 0 Å². The Kier molecular flexibility index (Phi) is 3.29. The Morgan fingerprint density at radius 2 is 1.82 bits per heavy atom. The Morgan fingerprint density at radius 1 is 1.18 bits per heavy atom. The number of phenolic OH excluding ortho intramolecular Hbond substituents is 1. The zero-order valence-corrected chi connectivity index (χ0v) is 11.4. The van der Waals surface area contributed by atoms with Crippen molar-refractivity contribution in [3.05, 3.63) is 47.0 Å². The maximum atomic E-state index is 13.0. The third-order valence-corrected chi connectivity index (χ3v) is 3.09. The lowest BCUT2D eigenvalue weighted by atomic mass is 10.2. The fourth-order valence-electron chi connectivity index (χ4n) is 1.83. The Bertz CT molecular complexity index is 763. The quantitative estimate of drug-likeness (QED) is 0.674. The summed E-state index contributed by atoms with van der Waals surface area (Å²) in [6.07, 6.45) is -3.81. The van der Waals surface area contributed by atoms with Gasteiger partial charge in [-0.15, -0.1) is 8.78 Å². The molecule has 1 aliphatic rings. The van der Waals surface area contributed by atoms with E-state index in [9.17, 15) is 18.7 Å². The summed E-state index contributed by atoms with van der Waals surface area (Å²) < 4.78 is 39.4. The number of benzene rings is 2. The highest BCUT2D eigenvalue weighted by atomic mass is 35.5. The highest BCUT2D eigenvalue weighted by Crippen LogP contribution is 2.43. The van der Waals surface area contributed by atoms with Crippen molar-refractivity contribution < 1.29 is 32.9 Å². The van der Waals surface area contributed by atoms with E-state index in [0.29, 0.717) is 0 Å². The molecule has 1 aliphatic heterocycles. The standard InChI is InChI=1S/C14H7ClF2O5/c15-8-6-12-11(21-14(16,17)22-12)5-7(8)13(19)20-10-4-2-1-3-9(10)18/h1-6,18H. The molecule has 2 aromatic carbocycles. The maximum absolute atomic E-state index is 13.0. The van der Waals surface area contributed by atoms with Gasteiger partial charge in [-0.3, -0.25) is 0 Å². The molecule has 0 fully saturated rings. The molecule has 0 spiro atoms. The van der Waals surface area contributed by atoms with Crippen LogP contribution in [0.5, 0.6) is 23.0 Å². The van der Waals surface area contributed by atoms with Crippen molar-refractivity contribution in [1.29, 1.82) is 0 Å². The zero-order valence-electron chi connectivity index (χ0n) is 10.7. The highest BCUT2D eigenvalue weighted by molar-refractivity contribution is 6.33. The van der Waals surface area contributed by atoms with E-state index in [1.807, 2.05) is 0 Å². The van der Waals surface area contributed by atoms with Crippen LogP contribution in [0.15, 0.2) is 36.4 Å². The molecular weight excluding hydrogens is 322 g/mol. The van der Waals surface area contributed by atoms with Gasteiger partial charge in [0.25, 0.3) is 0 Å². The van der Waals surface area contributed by atoms with Crippen LogP contribution in [0.1, 0.15) is 10.4 Å². The molecule has 1 heterocycles. The average Bonchev–Trinajstić information content (AvgIpc) is 2.73. The van der Waals surface area contributed by atoms with Gasteiger partial charge in [0.1, 0.15) is 0 Å². The second kappa shape index (κ2) is 5.03. The van der Waals surface area contributed by atoms with Crippen LogP contribution in [0.2, 0.25) is 5.02 Å². The lowest BCUT2D eigenvalue weighted by Gasteiger charge is -2.07. The van der Waals surface area contributed by atoms with Gasteiger partial charge >= 0.3 is 12.3 Å². The molecule has 3 rings (SSSR count). The van der Waals surface area contributed by atoms with Crippen LogP contribution in [-0.4, -0.2) is 17.4 Å². The molecule has 1 N–H and O–H groups in total. The van der Waals surface area contributed by atoms with E-state index >= 15 is 0 Å². The topological polar surface area (TPSA) is 65.0 Å². The minimum Gasteiger partial charge on any atom is -0.504 e. The van der Waals surface area contributed by atoms with Crippen LogP contribution >= 0.6 is 11.6 Å². The molecule has 0 unspecified atom stereocenters. The van der Waals surface area contributed by atoms with E-state index in [-0.39, 0.29) is 33.6 Å². The summed E-state index contributed by atoms with van der Waals surface area (Å²) in [5.41, 5.74) is -0.204. The van der Waals surface area contributed by atoms with E-state index in [0.717, 1.165) is 12.1 Å². The summed E-state index contributed by atoms with van der Waals surface area (Å²) in [4.78, 5) is 12.0. The van der Waals surface area contributed by atoms with Crippen LogP contribution in [0.25, 0.3) is 0 Å². The zero-order chi connectivity index (χ0) is 15.9. The number of carbonyl (C=O) groups excluding carboxylic acids is 1. The number of rotatable bonds is 2. The Morgan fingerprint density at radius 3 is 2.50 bits per heavy atom. The maximum Gasteiger partial charge on any atom is 0.586 e. The van der Waals surface area contributed by atoms with Gasteiger partial charge in [0.05, 0.1) is 10.6 Å². The number of phenols is 1. The Hall–Kier alpha value is -2.54. The minimum atomic E-state index is -3.81. The minimum absolute atomic E-state index is 0.0911. The third-order valence-electron chi connectivity index (χ3n) is 2.78. The molecule has 0 atom stereocenters. The average molecular weight is 329 g/mol. The van der Waals surface area contributed by atoms with Gasteiger partial charge in [-0.25, -0.2) is 4.79 Å². The molecule has 0 saturated carbocycles. The molecule has 0 saturated heterocycles. The number of alkyl halides is 2. The number of fused-ring (bicyclic) bond motifs is 1. The third kappa shape index (κ3) is 2.62. The fourth-order valence-corrected chi connectivity index (χ4v) is 2.06. The van der Waals surface area contributed by atoms with Crippen molar-refractivity contribution in [3.8, 4) is 23.0 Å². The fraction of sp³-hybridized carbons (Fsp3) is 0.0714. The summed E-state index contributed by atoms with van der Waals surface area (Å²) in [5, 5.41) is 9.39. The normalized spacial score (nSPS) is 14.7. The smallest absolute Gasteiger partial charge is 0.504 e. The molecule has 22 heavy (non-hydrogen) atoms. The number of aromatic hydroxyl groups is 1. The van der Waals surface area contributed by atoms with Crippen molar-refractivity contribution in [2.24, 2.45) is 0 Å². The van der Waals surface area contributed by atoms with Gasteiger partial charge in [-0.05, 0) is 12.1 Å². The summed E-state index contributed by atoms with van der Waals surface area (Å²) >= 11 is 5.86. The Balaban J connectivity index is 1.90. The molecule has 5 nitrogen and oxygen atoms in total. The number of hydrogen-bond acceptors (Lipinski definition) is 5. The molecule has 8 heteroatoms. The van der Waals surface area contributed by atoms with Crippen molar-refractivity contribution in [1.82, 2.24) is 0 Å². The summed E-state index contributed by atoms with van der Waals surface area (Å²) in [5.74, 6) is -1.90. The number of carbonyl (C=O) groups is 1. The molecule has 0 aliphatic carbocycles. The van der Waals surface area contributed by atoms with Gasteiger partial charge in [0.15, 0.2) is 23.0 Å². The van der Waals surface area contributed by atoms with Gasteiger partial charge < -0.3 is 19.3 Å². The second-order valence-corrected chi connectivity index (χ2v) is 4.71. The van der Waals surface area contributed by atoms with E-state index in [2.05, 4.69) is 9.47 Å². The molecule has 2 aromatic rings. The number of esters is 1. The Labute approximate surface area is 127 Å². The van der Waals surface area contributed by atoms with Crippen LogP contribution in [0.4, 0.5) is 8.78 Å². The molecule has 0 radical (unpaired) electrons. The number of hydrogen-bond donors (Lipinski definition) is 1. The molecule has 114 valence electrons. The van der Waals surface area contributed by atoms with Crippen molar-refractivity contribution >= 4 is 17.6 Å². The van der Waals surface area contributed by atoms with E-state index in [1.54, 1.807) is 12.1 Å².